The van der Waals surface area contributed by atoms with Crippen LogP contribution in [0.15, 0.2) is 60.7 Å². The van der Waals surface area contributed by atoms with Gasteiger partial charge in [0.15, 0.2) is 6.73 Å². The van der Waals surface area contributed by atoms with E-state index < -0.39 is 30.0 Å². The summed E-state index contributed by atoms with van der Waals surface area (Å²) in [6.07, 6.45) is -0.975. The largest absolute Gasteiger partial charge is 0.510 e. The van der Waals surface area contributed by atoms with Crippen molar-refractivity contribution >= 4 is 17.7 Å². The smallest absolute Gasteiger partial charge is 0.508 e. The second kappa shape index (κ2) is 10.9. The highest BCUT2D eigenvalue weighted by molar-refractivity contribution is 6.13. The zero-order valence-corrected chi connectivity index (χ0v) is 21.4. The Balaban J connectivity index is 1.47. The van der Waals surface area contributed by atoms with Gasteiger partial charge < -0.3 is 24.4 Å². The van der Waals surface area contributed by atoms with Crippen molar-refractivity contribution < 1.29 is 38.4 Å². The summed E-state index contributed by atoms with van der Waals surface area (Å²) in [4.78, 5) is 29.9. The van der Waals surface area contributed by atoms with Crippen LogP contribution < -0.4 is 4.90 Å². The number of phenolic OH excluding ortho intramolecular Hbond substituents is 2. The summed E-state index contributed by atoms with van der Waals surface area (Å²) in [6.45, 7) is 4.36. The zero-order chi connectivity index (χ0) is 27.6. The molecule has 0 aromatic heterocycles. The number of morpholine rings is 1. The van der Waals surface area contributed by atoms with Crippen LogP contribution in [0.4, 0.5) is 14.9 Å². The Morgan fingerprint density at radius 3 is 2.13 bits per heavy atom. The number of anilines is 1. The number of hydrogen-bond acceptors (Lipinski definition) is 8. The maximum Gasteiger partial charge on any atom is 0.510 e. The molecule has 0 saturated carbocycles. The number of hydrogen-bond donors (Lipinski definition) is 2. The number of ether oxygens (including phenoxy) is 3. The maximum atomic E-state index is 15.7. The van der Waals surface area contributed by atoms with Crippen LogP contribution >= 0.6 is 0 Å². The molecule has 2 N–H and O–H groups in total. The number of halogens is 1. The fraction of sp³-hybridized carbons (Fsp3) is 0.310. The van der Waals surface area contributed by atoms with Gasteiger partial charge >= 0.3 is 6.16 Å². The van der Waals surface area contributed by atoms with Crippen molar-refractivity contribution in [3.8, 4) is 11.5 Å². The molecule has 10 heteroatoms. The molecule has 0 radical (unpaired) electrons. The molecule has 0 atom stereocenters. The Morgan fingerprint density at radius 2 is 1.54 bits per heavy atom. The molecule has 2 aliphatic rings. The number of carbonyl (C=O) groups is 2. The number of rotatable bonds is 7. The first kappa shape index (κ1) is 26.5. The van der Waals surface area contributed by atoms with Gasteiger partial charge in [0.05, 0.1) is 18.9 Å². The fourth-order valence-corrected chi connectivity index (χ4v) is 5.16. The third-order valence-corrected chi connectivity index (χ3v) is 7.19. The van der Waals surface area contributed by atoms with Crippen LogP contribution in [-0.4, -0.2) is 73.4 Å². The van der Waals surface area contributed by atoms with Crippen molar-refractivity contribution in [3.05, 3.63) is 88.7 Å². The normalized spacial score (nSPS) is 16.7. The molecule has 0 spiro atoms. The van der Waals surface area contributed by atoms with E-state index in [4.69, 9.17) is 14.2 Å². The van der Waals surface area contributed by atoms with Crippen LogP contribution in [0, 0.1) is 12.7 Å². The molecule has 0 aliphatic carbocycles. The number of benzene rings is 3. The Morgan fingerprint density at radius 1 is 0.949 bits per heavy atom. The van der Waals surface area contributed by atoms with Gasteiger partial charge in [-0.05, 0) is 47.9 Å². The molecule has 5 rings (SSSR count). The summed E-state index contributed by atoms with van der Waals surface area (Å²) in [5.41, 5.74) is 0.0482. The van der Waals surface area contributed by atoms with Crippen LogP contribution in [0.1, 0.15) is 22.3 Å². The Bertz CT molecular complexity index is 1310. The van der Waals surface area contributed by atoms with Gasteiger partial charge in [-0.15, -0.1) is 0 Å². The van der Waals surface area contributed by atoms with Gasteiger partial charge in [0.2, 0.25) is 5.91 Å². The predicted octanol–water partition coefficient (Wildman–Crippen LogP) is 3.67. The summed E-state index contributed by atoms with van der Waals surface area (Å²) in [5, 5.41) is 19.8. The van der Waals surface area contributed by atoms with E-state index in [1.165, 1.54) is 24.3 Å². The minimum Gasteiger partial charge on any atom is -0.508 e. The number of fused-ring (bicyclic) bond motifs is 1. The first-order valence-electron chi connectivity index (χ1n) is 12.6. The van der Waals surface area contributed by atoms with Crippen molar-refractivity contribution in [3.63, 3.8) is 0 Å². The van der Waals surface area contributed by atoms with Gasteiger partial charge in [-0.25, -0.2) is 9.18 Å². The number of phenols is 2. The number of carbonyl (C=O) groups excluding carboxylic acids is 2. The van der Waals surface area contributed by atoms with Crippen molar-refractivity contribution in [1.29, 1.82) is 0 Å². The van der Waals surface area contributed by atoms with Gasteiger partial charge in [0.25, 0.3) is 0 Å². The Hall–Kier alpha value is -4.15. The Kier molecular flexibility index (Phi) is 7.40. The molecule has 0 bridgehead atoms. The van der Waals surface area contributed by atoms with Gasteiger partial charge in [-0.1, -0.05) is 36.4 Å². The third-order valence-electron chi connectivity index (χ3n) is 7.19. The number of aromatic hydroxyl groups is 2. The van der Waals surface area contributed by atoms with E-state index in [1.807, 2.05) is 0 Å². The molecule has 204 valence electrons. The number of amides is 1. The molecule has 3 aromatic rings. The molecule has 1 fully saturated rings. The van der Waals surface area contributed by atoms with Crippen LogP contribution in [0.5, 0.6) is 11.5 Å². The van der Waals surface area contributed by atoms with Gasteiger partial charge in [0.1, 0.15) is 29.3 Å². The summed E-state index contributed by atoms with van der Waals surface area (Å²) in [5.74, 6) is -1.18. The highest BCUT2D eigenvalue weighted by Crippen LogP contribution is 2.52. The van der Waals surface area contributed by atoms with E-state index in [0.717, 1.165) is 18.0 Å². The number of aryl methyl sites for hydroxylation is 1. The molecule has 1 saturated heterocycles. The molecule has 9 nitrogen and oxygen atoms in total. The van der Waals surface area contributed by atoms with Crippen molar-refractivity contribution in [2.45, 2.75) is 12.3 Å². The standard InChI is InChI=1S/C29H29FN2O7/c1-19-2-11-24-26(25(19)30)32(18-39-28(36)38-17-14-31-12-15-37-16-13-31)27(35)29(24,20-3-7-22(33)8-4-20)21-5-9-23(34)10-6-21/h2-11,33-34H,12-18H2,1H3. The van der Waals surface area contributed by atoms with E-state index in [0.29, 0.717) is 42.0 Å². The minimum absolute atomic E-state index is 0.000348. The van der Waals surface area contributed by atoms with Crippen molar-refractivity contribution in [2.75, 3.05) is 51.1 Å². The van der Waals surface area contributed by atoms with E-state index in [-0.39, 0.29) is 23.8 Å². The molecule has 3 aromatic carbocycles. The maximum absolute atomic E-state index is 15.7. The summed E-state index contributed by atoms with van der Waals surface area (Å²) < 4.78 is 31.5. The predicted molar refractivity (Wildman–Crippen MR) is 139 cm³/mol. The zero-order valence-electron chi connectivity index (χ0n) is 21.4. The van der Waals surface area contributed by atoms with Crippen LogP contribution in [0.2, 0.25) is 0 Å². The van der Waals surface area contributed by atoms with E-state index in [2.05, 4.69) is 4.90 Å². The average Bonchev–Trinajstić information content (AvgIpc) is 3.19. The number of nitrogens with zero attached hydrogens (tertiary/aromatic N) is 2. The highest BCUT2D eigenvalue weighted by atomic mass is 19.1. The minimum atomic E-state index is -1.53. The fourth-order valence-electron chi connectivity index (χ4n) is 5.16. The SMILES string of the molecule is Cc1ccc2c(c1F)N(COC(=O)OCCN1CCOCC1)C(=O)C2(c1ccc(O)cc1)c1ccc(O)cc1. The van der Waals surface area contributed by atoms with Gasteiger partial charge in [0, 0.05) is 25.2 Å². The van der Waals surface area contributed by atoms with E-state index in [1.54, 1.807) is 43.3 Å². The lowest BCUT2D eigenvalue weighted by Crippen LogP contribution is -2.43. The average molecular weight is 537 g/mol. The monoisotopic (exact) mass is 536 g/mol. The lowest BCUT2D eigenvalue weighted by atomic mass is 9.70. The van der Waals surface area contributed by atoms with Crippen LogP contribution in [-0.2, 0) is 24.4 Å². The lowest BCUT2D eigenvalue weighted by molar-refractivity contribution is -0.121. The van der Waals surface area contributed by atoms with Crippen LogP contribution in [0.25, 0.3) is 0 Å². The quantitative estimate of drug-likeness (QED) is 0.441. The highest BCUT2D eigenvalue weighted by Gasteiger charge is 2.55. The summed E-state index contributed by atoms with van der Waals surface area (Å²) in [6, 6.07) is 15.4. The van der Waals surface area contributed by atoms with E-state index >= 15 is 4.39 Å². The second-order valence-corrected chi connectivity index (χ2v) is 9.50. The molecule has 39 heavy (non-hydrogen) atoms. The molecule has 2 aliphatic heterocycles. The van der Waals surface area contributed by atoms with Crippen molar-refractivity contribution in [1.82, 2.24) is 4.90 Å². The summed E-state index contributed by atoms with van der Waals surface area (Å²) >= 11 is 0. The third kappa shape index (κ3) is 4.88. The first-order chi connectivity index (χ1) is 18.8. The van der Waals surface area contributed by atoms with Gasteiger partial charge in [-0.2, -0.15) is 0 Å². The molecule has 2 heterocycles. The summed E-state index contributed by atoms with van der Waals surface area (Å²) in [7, 11) is 0. The second-order valence-electron chi connectivity index (χ2n) is 9.50. The van der Waals surface area contributed by atoms with Crippen molar-refractivity contribution in [2.24, 2.45) is 0 Å². The van der Waals surface area contributed by atoms with E-state index in [9.17, 15) is 19.8 Å². The first-order valence-corrected chi connectivity index (χ1v) is 12.6. The topological polar surface area (TPSA) is 109 Å². The molecule has 1 amide bonds. The van der Waals surface area contributed by atoms with Gasteiger partial charge in [-0.3, -0.25) is 14.6 Å². The molecule has 0 unspecified atom stereocenters. The molecular weight excluding hydrogens is 507 g/mol. The Labute approximate surface area is 224 Å². The lowest BCUT2D eigenvalue weighted by Gasteiger charge is -2.30. The van der Waals surface area contributed by atoms with Crippen LogP contribution in [0.3, 0.4) is 0 Å². The molecular formula is C29H29FN2O7.